The lowest BCUT2D eigenvalue weighted by atomic mass is 9.98. The van der Waals surface area contributed by atoms with E-state index in [-0.39, 0.29) is 11.9 Å². The van der Waals surface area contributed by atoms with Crippen molar-refractivity contribution < 1.29 is 4.79 Å². The zero-order chi connectivity index (χ0) is 22.0. The second-order valence-electron chi connectivity index (χ2n) is 8.56. The Morgan fingerprint density at radius 2 is 1.34 bits per heavy atom. The first kappa shape index (κ1) is 22.3. The predicted octanol–water partition coefficient (Wildman–Crippen LogP) is 4.54. The lowest BCUT2D eigenvalue weighted by molar-refractivity contribution is -0.121. The van der Waals surface area contributed by atoms with Crippen LogP contribution in [0.3, 0.4) is 0 Å². The molecule has 1 heterocycles. The molecule has 4 heteroatoms. The molecule has 0 aliphatic carbocycles. The highest BCUT2D eigenvalue weighted by atomic mass is 16.1. The van der Waals surface area contributed by atoms with E-state index in [1.54, 1.807) is 0 Å². The van der Waals surface area contributed by atoms with Crippen molar-refractivity contribution in [3.8, 4) is 0 Å². The van der Waals surface area contributed by atoms with Gasteiger partial charge in [-0.1, -0.05) is 91.0 Å². The first-order valence-corrected chi connectivity index (χ1v) is 11.7. The van der Waals surface area contributed by atoms with Crippen LogP contribution in [0, 0.1) is 0 Å². The van der Waals surface area contributed by atoms with Crippen LogP contribution in [-0.2, 0) is 11.3 Å². The van der Waals surface area contributed by atoms with Gasteiger partial charge in [0.15, 0.2) is 0 Å². The Balaban J connectivity index is 1.21. The third-order valence-corrected chi connectivity index (χ3v) is 6.19. The third-order valence-electron chi connectivity index (χ3n) is 6.19. The molecule has 3 aromatic rings. The molecule has 0 unspecified atom stereocenters. The number of hydrogen-bond acceptors (Lipinski definition) is 3. The number of nitrogens with one attached hydrogen (secondary N) is 2. The monoisotopic (exact) mass is 427 g/mol. The molecule has 1 fully saturated rings. The fourth-order valence-corrected chi connectivity index (χ4v) is 4.41. The Hall–Kier alpha value is -2.95. The molecule has 4 nitrogen and oxygen atoms in total. The van der Waals surface area contributed by atoms with Crippen molar-refractivity contribution >= 4 is 5.91 Å². The summed E-state index contributed by atoms with van der Waals surface area (Å²) >= 11 is 0. The zero-order valence-electron chi connectivity index (χ0n) is 18.6. The molecule has 0 aromatic heterocycles. The van der Waals surface area contributed by atoms with Crippen molar-refractivity contribution in [1.82, 2.24) is 15.5 Å². The van der Waals surface area contributed by atoms with E-state index in [0.29, 0.717) is 19.0 Å². The van der Waals surface area contributed by atoms with Crippen LogP contribution < -0.4 is 10.6 Å². The lowest BCUT2D eigenvalue weighted by Crippen LogP contribution is -2.43. The van der Waals surface area contributed by atoms with Crippen LogP contribution in [0.2, 0.25) is 0 Å². The third kappa shape index (κ3) is 6.52. The second kappa shape index (κ2) is 11.6. The van der Waals surface area contributed by atoms with Crippen molar-refractivity contribution in [1.29, 1.82) is 0 Å². The molecule has 0 atom stereocenters. The van der Waals surface area contributed by atoms with E-state index in [0.717, 1.165) is 43.6 Å². The Morgan fingerprint density at radius 1 is 0.812 bits per heavy atom. The summed E-state index contributed by atoms with van der Waals surface area (Å²) in [5.41, 5.74) is 3.58. The molecular weight excluding hydrogens is 394 g/mol. The van der Waals surface area contributed by atoms with Crippen molar-refractivity contribution in [3.05, 3.63) is 108 Å². The van der Waals surface area contributed by atoms with Gasteiger partial charge >= 0.3 is 0 Å². The minimum atomic E-state index is -0.119. The van der Waals surface area contributed by atoms with Crippen LogP contribution >= 0.6 is 0 Å². The summed E-state index contributed by atoms with van der Waals surface area (Å²) in [7, 11) is 0. The van der Waals surface area contributed by atoms with Crippen LogP contribution in [0.1, 0.15) is 42.0 Å². The summed E-state index contributed by atoms with van der Waals surface area (Å²) in [6.07, 6.45) is 2.75. The molecule has 3 aromatic carbocycles. The minimum Gasteiger partial charge on any atom is -0.345 e. The summed E-state index contributed by atoms with van der Waals surface area (Å²) in [5.74, 6) is 0.0803. The molecule has 4 rings (SSSR count). The van der Waals surface area contributed by atoms with Gasteiger partial charge in [-0.2, -0.15) is 0 Å². The number of benzene rings is 3. The van der Waals surface area contributed by atoms with Gasteiger partial charge in [-0.15, -0.1) is 0 Å². The molecular formula is C28H33N3O. The van der Waals surface area contributed by atoms with Crippen LogP contribution in [0.25, 0.3) is 0 Å². The predicted molar refractivity (Wildman–Crippen MR) is 130 cm³/mol. The number of likely N-dealkylation sites (tertiary alicyclic amines) is 1. The van der Waals surface area contributed by atoms with Crippen LogP contribution in [0.5, 0.6) is 0 Å². The number of amides is 1. The van der Waals surface area contributed by atoms with Gasteiger partial charge in [-0.3, -0.25) is 9.69 Å². The molecule has 0 radical (unpaired) electrons. The van der Waals surface area contributed by atoms with Gasteiger partial charge in [0.1, 0.15) is 0 Å². The second-order valence-corrected chi connectivity index (χ2v) is 8.56. The SMILES string of the molecule is O=C(CCNC1CCN(Cc2ccccc2)CC1)NC(c1ccccc1)c1ccccc1. The molecule has 32 heavy (non-hydrogen) atoms. The Bertz CT molecular complexity index is 899. The molecule has 1 aliphatic heterocycles. The summed E-state index contributed by atoms with van der Waals surface area (Å²) in [6, 6.07) is 31.4. The average Bonchev–Trinajstić information content (AvgIpc) is 2.85. The van der Waals surface area contributed by atoms with E-state index >= 15 is 0 Å². The lowest BCUT2D eigenvalue weighted by Gasteiger charge is -2.32. The highest BCUT2D eigenvalue weighted by Gasteiger charge is 2.20. The van der Waals surface area contributed by atoms with Crippen molar-refractivity contribution in [2.75, 3.05) is 19.6 Å². The maximum Gasteiger partial charge on any atom is 0.222 e. The van der Waals surface area contributed by atoms with E-state index < -0.39 is 0 Å². The van der Waals surface area contributed by atoms with Crippen LogP contribution in [-0.4, -0.2) is 36.5 Å². The van der Waals surface area contributed by atoms with Gasteiger partial charge in [-0.05, 0) is 42.6 Å². The van der Waals surface area contributed by atoms with Gasteiger partial charge in [0.05, 0.1) is 6.04 Å². The number of nitrogens with zero attached hydrogens (tertiary/aromatic N) is 1. The maximum atomic E-state index is 12.7. The number of rotatable bonds is 9. The maximum absolute atomic E-state index is 12.7. The van der Waals surface area contributed by atoms with Crippen LogP contribution in [0.4, 0.5) is 0 Å². The summed E-state index contributed by atoms with van der Waals surface area (Å²) < 4.78 is 0. The Morgan fingerprint density at radius 3 is 1.91 bits per heavy atom. The van der Waals surface area contributed by atoms with E-state index in [2.05, 4.69) is 70.1 Å². The molecule has 1 saturated heterocycles. The standard InChI is InChI=1S/C28H33N3O/c32-27(30-28(24-12-6-2-7-13-24)25-14-8-3-9-15-25)16-19-29-26-17-20-31(21-18-26)22-23-10-4-1-5-11-23/h1-15,26,28-29H,16-22H2,(H,30,32). The van der Waals surface area contributed by atoms with E-state index in [9.17, 15) is 4.79 Å². The first-order valence-electron chi connectivity index (χ1n) is 11.7. The topological polar surface area (TPSA) is 44.4 Å². The number of carbonyl (C=O) groups excluding carboxylic acids is 1. The normalized spacial score (nSPS) is 15.0. The highest BCUT2D eigenvalue weighted by molar-refractivity contribution is 5.77. The molecule has 1 aliphatic rings. The summed E-state index contributed by atoms with van der Waals surface area (Å²) in [4.78, 5) is 15.3. The number of piperidine rings is 1. The summed E-state index contributed by atoms with van der Waals surface area (Å²) in [5, 5.41) is 6.84. The van der Waals surface area contributed by atoms with Gasteiger partial charge in [0, 0.05) is 25.6 Å². The molecule has 0 bridgehead atoms. The van der Waals surface area contributed by atoms with Gasteiger partial charge < -0.3 is 10.6 Å². The number of hydrogen-bond donors (Lipinski definition) is 2. The van der Waals surface area contributed by atoms with Crippen molar-refractivity contribution in [2.45, 2.75) is 37.9 Å². The van der Waals surface area contributed by atoms with Crippen molar-refractivity contribution in [2.24, 2.45) is 0 Å². The Labute approximate surface area is 191 Å². The van der Waals surface area contributed by atoms with Crippen molar-refractivity contribution in [3.63, 3.8) is 0 Å². The van der Waals surface area contributed by atoms with Gasteiger partial charge in [0.2, 0.25) is 5.91 Å². The Kier molecular flexibility index (Phi) is 8.07. The quantitative estimate of drug-likeness (QED) is 0.527. The van der Waals surface area contributed by atoms with E-state index in [1.807, 2.05) is 36.4 Å². The molecule has 2 N–H and O–H groups in total. The van der Waals surface area contributed by atoms with E-state index in [1.165, 1.54) is 5.56 Å². The molecule has 166 valence electrons. The molecule has 1 amide bonds. The number of carbonyl (C=O) groups is 1. The fraction of sp³-hybridized carbons (Fsp3) is 0.321. The highest BCUT2D eigenvalue weighted by Crippen LogP contribution is 2.22. The van der Waals surface area contributed by atoms with E-state index in [4.69, 9.17) is 0 Å². The van der Waals surface area contributed by atoms with Gasteiger partial charge in [-0.25, -0.2) is 0 Å². The summed E-state index contributed by atoms with van der Waals surface area (Å²) in [6.45, 7) is 3.94. The zero-order valence-corrected chi connectivity index (χ0v) is 18.6. The smallest absolute Gasteiger partial charge is 0.222 e. The molecule has 0 saturated carbocycles. The average molecular weight is 428 g/mol. The fourth-order valence-electron chi connectivity index (χ4n) is 4.41. The largest absolute Gasteiger partial charge is 0.345 e. The first-order chi connectivity index (χ1) is 15.8. The molecule has 0 spiro atoms. The van der Waals surface area contributed by atoms with Crippen LogP contribution in [0.15, 0.2) is 91.0 Å². The minimum absolute atomic E-state index is 0.0803. The van der Waals surface area contributed by atoms with Gasteiger partial charge in [0.25, 0.3) is 0 Å².